The summed E-state index contributed by atoms with van der Waals surface area (Å²) in [6.07, 6.45) is 1.52. The Morgan fingerprint density at radius 3 is 2.92 bits per heavy atom. The van der Waals surface area contributed by atoms with E-state index in [2.05, 4.69) is 4.98 Å². The number of pyridine rings is 1. The van der Waals surface area contributed by atoms with E-state index in [0.717, 1.165) is 0 Å². The molecule has 0 radical (unpaired) electrons. The average molecular weight is 188 g/mol. The van der Waals surface area contributed by atoms with Crippen molar-refractivity contribution in [3.63, 3.8) is 0 Å². The minimum absolute atomic E-state index is 0.459. The number of ether oxygens (including phenoxy) is 2. The molecule has 1 aromatic rings. The number of halogens is 1. The van der Waals surface area contributed by atoms with Gasteiger partial charge in [-0.05, 0) is 6.92 Å². The molecule has 0 spiro atoms. The monoisotopic (exact) mass is 187 g/mol. The van der Waals surface area contributed by atoms with Crippen molar-refractivity contribution in [2.75, 3.05) is 13.7 Å². The fraction of sp³-hybridized carbons (Fsp3) is 0.375. The Morgan fingerprint density at radius 1 is 1.58 bits per heavy atom. The molecule has 66 valence electrons. The molecule has 0 bridgehead atoms. The summed E-state index contributed by atoms with van der Waals surface area (Å²) >= 11 is 5.71. The van der Waals surface area contributed by atoms with Crippen LogP contribution in [0.4, 0.5) is 0 Å². The molecule has 1 heterocycles. The SMILES string of the molecule is CCOc1cc(Cl)cnc1OC. The van der Waals surface area contributed by atoms with Crippen LogP contribution in [0.2, 0.25) is 5.02 Å². The van der Waals surface area contributed by atoms with Crippen LogP contribution in [0, 0.1) is 0 Å². The lowest BCUT2D eigenvalue weighted by molar-refractivity contribution is 0.304. The number of hydrogen-bond acceptors (Lipinski definition) is 3. The first-order chi connectivity index (χ1) is 5.77. The molecule has 0 aliphatic rings. The summed E-state index contributed by atoms with van der Waals surface area (Å²) in [5.74, 6) is 1.04. The van der Waals surface area contributed by atoms with Crippen LogP contribution in [0.1, 0.15) is 6.92 Å². The minimum Gasteiger partial charge on any atom is -0.488 e. The van der Waals surface area contributed by atoms with Crippen molar-refractivity contribution >= 4 is 11.6 Å². The van der Waals surface area contributed by atoms with Gasteiger partial charge in [-0.1, -0.05) is 11.6 Å². The van der Waals surface area contributed by atoms with Gasteiger partial charge in [-0.15, -0.1) is 0 Å². The zero-order valence-corrected chi connectivity index (χ0v) is 7.76. The molecule has 0 atom stereocenters. The van der Waals surface area contributed by atoms with Crippen LogP contribution in [0.5, 0.6) is 11.6 Å². The second kappa shape index (κ2) is 4.16. The van der Waals surface area contributed by atoms with Gasteiger partial charge in [-0.3, -0.25) is 0 Å². The molecule has 3 nitrogen and oxygen atoms in total. The highest BCUT2D eigenvalue weighted by atomic mass is 35.5. The fourth-order valence-corrected chi connectivity index (χ4v) is 0.968. The third-order valence-electron chi connectivity index (χ3n) is 1.28. The van der Waals surface area contributed by atoms with Crippen molar-refractivity contribution in [1.82, 2.24) is 4.98 Å². The molecule has 0 unspecified atom stereocenters. The highest BCUT2D eigenvalue weighted by Crippen LogP contribution is 2.26. The van der Waals surface area contributed by atoms with Gasteiger partial charge in [0.05, 0.1) is 18.7 Å². The van der Waals surface area contributed by atoms with Crippen LogP contribution in [-0.4, -0.2) is 18.7 Å². The van der Waals surface area contributed by atoms with Crippen molar-refractivity contribution in [3.05, 3.63) is 17.3 Å². The zero-order valence-electron chi connectivity index (χ0n) is 7.00. The van der Waals surface area contributed by atoms with Gasteiger partial charge in [0.25, 0.3) is 5.88 Å². The van der Waals surface area contributed by atoms with Crippen LogP contribution in [0.3, 0.4) is 0 Å². The molecule has 0 saturated carbocycles. The molecular formula is C8H10ClNO2. The summed E-state index contributed by atoms with van der Waals surface area (Å²) in [6, 6.07) is 1.68. The number of hydrogen-bond donors (Lipinski definition) is 0. The standard InChI is InChI=1S/C8H10ClNO2/c1-3-12-7-4-6(9)5-10-8(7)11-2/h4-5H,3H2,1-2H3. The molecule has 1 aromatic heterocycles. The predicted octanol–water partition coefficient (Wildman–Crippen LogP) is 2.14. The molecule has 12 heavy (non-hydrogen) atoms. The largest absolute Gasteiger partial charge is 0.488 e. The van der Waals surface area contributed by atoms with Crippen molar-refractivity contribution in [1.29, 1.82) is 0 Å². The summed E-state index contributed by atoms with van der Waals surface area (Å²) in [5.41, 5.74) is 0. The van der Waals surface area contributed by atoms with Gasteiger partial charge in [-0.25, -0.2) is 4.98 Å². The van der Waals surface area contributed by atoms with E-state index in [1.54, 1.807) is 13.2 Å². The molecule has 0 amide bonds. The maximum atomic E-state index is 5.71. The number of nitrogens with zero attached hydrogens (tertiary/aromatic N) is 1. The average Bonchev–Trinajstić information content (AvgIpc) is 2.05. The lowest BCUT2D eigenvalue weighted by Crippen LogP contribution is -1.96. The molecule has 0 N–H and O–H groups in total. The Bertz CT molecular complexity index is 265. The summed E-state index contributed by atoms with van der Waals surface area (Å²) in [4.78, 5) is 3.94. The van der Waals surface area contributed by atoms with Gasteiger partial charge in [0.2, 0.25) is 0 Å². The van der Waals surface area contributed by atoms with Crippen molar-refractivity contribution in [3.8, 4) is 11.6 Å². The second-order valence-corrected chi connectivity index (χ2v) is 2.53. The maximum Gasteiger partial charge on any atom is 0.256 e. The Hall–Kier alpha value is -0.960. The van der Waals surface area contributed by atoms with E-state index < -0.39 is 0 Å². The van der Waals surface area contributed by atoms with Crippen molar-refractivity contribution in [2.45, 2.75) is 6.92 Å². The van der Waals surface area contributed by atoms with Crippen LogP contribution >= 0.6 is 11.6 Å². The molecule has 0 aliphatic heterocycles. The first-order valence-corrected chi connectivity index (χ1v) is 3.98. The van der Waals surface area contributed by atoms with E-state index in [9.17, 15) is 0 Å². The second-order valence-electron chi connectivity index (χ2n) is 2.09. The van der Waals surface area contributed by atoms with Gasteiger partial charge in [0, 0.05) is 12.3 Å². The van der Waals surface area contributed by atoms with Gasteiger partial charge < -0.3 is 9.47 Å². The van der Waals surface area contributed by atoms with Crippen molar-refractivity contribution < 1.29 is 9.47 Å². The van der Waals surface area contributed by atoms with Crippen molar-refractivity contribution in [2.24, 2.45) is 0 Å². The maximum absolute atomic E-state index is 5.71. The van der Waals surface area contributed by atoms with Crippen LogP contribution in [0.15, 0.2) is 12.3 Å². The van der Waals surface area contributed by atoms with Crippen LogP contribution < -0.4 is 9.47 Å². The summed E-state index contributed by atoms with van der Waals surface area (Å²) in [7, 11) is 1.54. The molecule has 0 fully saturated rings. The molecule has 0 aliphatic carbocycles. The Balaban J connectivity index is 2.95. The quantitative estimate of drug-likeness (QED) is 0.727. The lowest BCUT2D eigenvalue weighted by atomic mass is 10.4. The van der Waals surface area contributed by atoms with Gasteiger partial charge in [0.1, 0.15) is 0 Å². The third-order valence-corrected chi connectivity index (χ3v) is 1.48. The van der Waals surface area contributed by atoms with Gasteiger partial charge in [-0.2, -0.15) is 0 Å². The number of rotatable bonds is 3. The summed E-state index contributed by atoms with van der Waals surface area (Å²) in [6.45, 7) is 2.46. The Labute approximate surface area is 76.3 Å². The fourth-order valence-electron chi connectivity index (χ4n) is 0.820. The zero-order chi connectivity index (χ0) is 8.97. The third kappa shape index (κ3) is 2.01. The van der Waals surface area contributed by atoms with E-state index in [1.165, 1.54) is 6.20 Å². The van der Waals surface area contributed by atoms with E-state index in [1.807, 2.05) is 6.92 Å². The van der Waals surface area contributed by atoms with Crippen LogP contribution in [0.25, 0.3) is 0 Å². The normalized spacial score (nSPS) is 9.58. The first kappa shape index (κ1) is 9.13. The summed E-state index contributed by atoms with van der Waals surface area (Å²) in [5, 5.41) is 0.541. The molecular weight excluding hydrogens is 178 g/mol. The van der Waals surface area contributed by atoms with E-state index in [4.69, 9.17) is 21.1 Å². The Morgan fingerprint density at radius 2 is 2.33 bits per heavy atom. The highest BCUT2D eigenvalue weighted by molar-refractivity contribution is 6.30. The van der Waals surface area contributed by atoms with E-state index in [0.29, 0.717) is 23.3 Å². The number of methoxy groups -OCH3 is 1. The van der Waals surface area contributed by atoms with Gasteiger partial charge in [0.15, 0.2) is 5.75 Å². The molecule has 1 rings (SSSR count). The smallest absolute Gasteiger partial charge is 0.256 e. The number of aromatic nitrogens is 1. The summed E-state index contributed by atoms with van der Waals surface area (Å²) < 4.78 is 10.2. The Kier molecular flexibility index (Phi) is 3.17. The first-order valence-electron chi connectivity index (χ1n) is 3.60. The lowest BCUT2D eigenvalue weighted by Gasteiger charge is -2.07. The molecule has 0 aromatic carbocycles. The minimum atomic E-state index is 0.459. The van der Waals surface area contributed by atoms with E-state index in [-0.39, 0.29) is 0 Å². The van der Waals surface area contributed by atoms with Gasteiger partial charge >= 0.3 is 0 Å². The highest BCUT2D eigenvalue weighted by Gasteiger charge is 2.04. The topological polar surface area (TPSA) is 31.4 Å². The predicted molar refractivity (Wildman–Crippen MR) is 47.0 cm³/mol. The van der Waals surface area contributed by atoms with Crippen LogP contribution in [-0.2, 0) is 0 Å². The molecule has 0 saturated heterocycles. The molecule has 4 heteroatoms. The van der Waals surface area contributed by atoms with E-state index >= 15 is 0 Å².